The van der Waals surface area contributed by atoms with E-state index in [0.717, 1.165) is 0 Å². The minimum absolute atomic E-state index is 0.0538. The molecule has 0 spiro atoms. The van der Waals surface area contributed by atoms with Crippen molar-refractivity contribution >= 4 is 29.4 Å². The molecule has 29 heavy (non-hydrogen) atoms. The largest absolute Gasteiger partial charge is 0.482 e. The zero-order valence-electron chi connectivity index (χ0n) is 16.5. The quantitative estimate of drug-likeness (QED) is 0.294. The maximum absolute atomic E-state index is 14.5. The van der Waals surface area contributed by atoms with E-state index in [1.54, 1.807) is 27.7 Å². The van der Waals surface area contributed by atoms with Gasteiger partial charge < -0.3 is 19.1 Å². The average molecular weight is 434 g/mol. The molecule has 0 aromatic heterocycles. The van der Waals surface area contributed by atoms with E-state index < -0.39 is 63.9 Å². The molecule has 0 aliphatic carbocycles. The van der Waals surface area contributed by atoms with Crippen LogP contribution in [0.5, 0.6) is 5.75 Å². The Morgan fingerprint density at radius 2 is 1.86 bits per heavy atom. The minimum Gasteiger partial charge on any atom is -0.482 e. The number of ketones is 1. The van der Waals surface area contributed by atoms with Crippen molar-refractivity contribution in [2.45, 2.75) is 45.8 Å². The van der Waals surface area contributed by atoms with Crippen LogP contribution in [-0.4, -0.2) is 54.1 Å². The molecule has 1 heterocycles. The van der Waals surface area contributed by atoms with Gasteiger partial charge in [0.25, 0.3) is 0 Å². The van der Waals surface area contributed by atoms with E-state index in [0.29, 0.717) is 6.07 Å². The third kappa shape index (κ3) is 5.79. The van der Waals surface area contributed by atoms with Gasteiger partial charge in [-0.3, -0.25) is 9.59 Å². The molecule has 0 bridgehead atoms. The van der Waals surface area contributed by atoms with Gasteiger partial charge in [-0.05, 0) is 33.8 Å². The molecule has 10 heteroatoms. The first-order valence-electron chi connectivity index (χ1n) is 8.93. The fourth-order valence-electron chi connectivity index (χ4n) is 2.48. The predicted octanol–water partition coefficient (Wildman–Crippen LogP) is 3.75. The van der Waals surface area contributed by atoms with E-state index in [1.807, 2.05) is 0 Å². The summed E-state index contributed by atoms with van der Waals surface area (Å²) in [5.41, 5.74) is -1.33. The summed E-state index contributed by atoms with van der Waals surface area (Å²) in [6.45, 7) is 6.99. The van der Waals surface area contributed by atoms with Crippen molar-refractivity contribution in [3.05, 3.63) is 28.3 Å². The summed E-state index contributed by atoms with van der Waals surface area (Å²) < 4.78 is 44.0. The molecule has 0 atom stereocenters. The fourth-order valence-corrected chi connectivity index (χ4v) is 2.72. The summed E-state index contributed by atoms with van der Waals surface area (Å²) in [6, 6.07) is 0.627. The van der Waals surface area contributed by atoms with Gasteiger partial charge in [0.1, 0.15) is 23.1 Å². The molecule has 0 unspecified atom stereocenters. The number of rotatable bonds is 6. The summed E-state index contributed by atoms with van der Waals surface area (Å²) in [4.78, 5) is 36.6. The minimum atomic E-state index is -1.19. The van der Waals surface area contributed by atoms with Gasteiger partial charge in [0, 0.05) is 0 Å². The van der Waals surface area contributed by atoms with Crippen molar-refractivity contribution in [2.75, 3.05) is 19.7 Å². The SMILES string of the molecule is CCOC(=O)CC(=O)c1cc(F)c(OC2CN(C(=O)OC(C)(C)C)C2)c(Cl)c1F. The second kappa shape index (κ2) is 8.94. The van der Waals surface area contributed by atoms with Crippen LogP contribution in [-0.2, 0) is 14.3 Å². The number of hydrogen-bond donors (Lipinski definition) is 0. The molecule has 1 saturated heterocycles. The highest BCUT2D eigenvalue weighted by molar-refractivity contribution is 6.32. The number of ether oxygens (including phenoxy) is 3. The molecule has 7 nitrogen and oxygen atoms in total. The summed E-state index contributed by atoms with van der Waals surface area (Å²) in [7, 11) is 0. The van der Waals surface area contributed by atoms with Gasteiger partial charge in [0.05, 0.1) is 25.3 Å². The number of hydrogen-bond acceptors (Lipinski definition) is 6. The monoisotopic (exact) mass is 433 g/mol. The lowest BCUT2D eigenvalue weighted by molar-refractivity contribution is -0.141. The molecule has 0 saturated carbocycles. The van der Waals surface area contributed by atoms with Crippen molar-refractivity contribution in [1.82, 2.24) is 4.90 Å². The zero-order chi connectivity index (χ0) is 21.9. The predicted molar refractivity (Wildman–Crippen MR) is 99.2 cm³/mol. The Hall–Kier alpha value is -2.42. The highest BCUT2D eigenvalue weighted by atomic mass is 35.5. The topological polar surface area (TPSA) is 82.1 Å². The van der Waals surface area contributed by atoms with Crippen LogP contribution >= 0.6 is 11.6 Å². The summed E-state index contributed by atoms with van der Waals surface area (Å²) in [5, 5.41) is -0.715. The van der Waals surface area contributed by atoms with Gasteiger partial charge in [-0.2, -0.15) is 0 Å². The van der Waals surface area contributed by atoms with Crippen LogP contribution in [0, 0.1) is 11.6 Å². The molecule has 1 aliphatic rings. The van der Waals surface area contributed by atoms with Crippen molar-refractivity contribution in [1.29, 1.82) is 0 Å². The molecule has 1 aromatic rings. The number of likely N-dealkylation sites (tertiary alicyclic amines) is 1. The molecule has 160 valence electrons. The molecular formula is C19H22ClF2NO6. The van der Waals surface area contributed by atoms with E-state index in [2.05, 4.69) is 4.74 Å². The van der Waals surface area contributed by atoms with E-state index >= 15 is 0 Å². The van der Waals surface area contributed by atoms with Crippen LogP contribution in [0.1, 0.15) is 44.5 Å². The van der Waals surface area contributed by atoms with Crippen LogP contribution in [0.4, 0.5) is 13.6 Å². The van der Waals surface area contributed by atoms with Crippen LogP contribution in [0.25, 0.3) is 0 Å². The van der Waals surface area contributed by atoms with Gasteiger partial charge in [-0.1, -0.05) is 11.6 Å². The van der Waals surface area contributed by atoms with Gasteiger partial charge in [-0.15, -0.1) is 0 Å². The van der Waals surface area contributed by atoms with Crippen molar-refractivity contribution in [3.63, 3.8) is 0 Å². The average Bonchev–Trinajstić information content (AvgIpc) is 2.54. The maximum atomic E-state index is 14.5. The number of nitrogens with zero attached hydrogens (tertiary/aromatic N) is 1. The number of esters is 1. The summed E-state index contributed by atoms with van der Waals surface area (Å²) in [5.74, 6) is -4.63. The zero-order valence-corrected chi connectivity index (χ0v) is 17.3. The lowest BCUT2D eigenvalue weighted by Gasteiger charge is -2.39. The standard InChI is InChI=1S/C19H22ClF2NO6/c1-5-27-14(25)7-13(24)11-6-12(21)17(15(20)16(11)22)28-10-8-23(9-10)18(26)29-19(2,3)4/h6,10H,5,7-9H2,1-4H3. The van der Waals surface area contributed by atoms with E-state index in [9.17, 15) is 23.2 Å². The normalized spacial score (nSPS) is 14.2. The second-order valence-electron chi connectivity index (χ2n) is 7.39. The maximum Gasteiger partial charge on any atom is 0.410 e. The summed E-state index contributed by atoms with van der Waals surface area (Å²) >= 11 is 5.84. The highest BCUT2D eigenvalue weighted by Gasteiger charge is 2.36. The number of carbonyl (C=O) groups excluding carboxylic acids is 3. The van der Waals surface area contributed by atoms with E-state index in [1.165, 1.54) is 4.90 Å². The third-order valence-corrected chi connectivity index (χ3v) is 4.15. The van der Waals surface area contributed by atoms with Crippen molar-refractivity contribution < 1.29 is 37.4 Å². The van der Waals surface area contributed by atoms with Gasteiger partial charge in [0.2, 0.25) is 0 Å². The smallest absolute Gasteiger partial charge is 0.410 e. The second-order valence-corrected chi connectivity index (χ2v) is 7.77. The third-order valence-electron chi connectivity index (χ3n) is 3.81. The molecule has 1 aromatic carbocycles. The van der Waals surface area contributed by atoms with E-state index in [4.69, 9.17) is 21.1 Å². The Bertz CT molecular complexity index is 818. The van der Waals surface area contributed by atoms with Crippen LogP contribution in [0.3, 0.4) is 0 Å². The highest BCUT2D eigenvalue weighted by Crippen LogP contribution is 2.35. The number of amides is 1. The lowest BCUT2D eigenvalue weighted by atomic mass is 10.1. The number of Topliss-reactive ketones (excluding diaryl/α,β-unsaturated/α-hetero) is 1. The van der Waals surface area contributed by atoms with Gasteiger partial charge in [-0.25, -0.2) is 13.6 Å². The Morgan fingerprint density at radius 3 is 2.41 bits per heavy atom. The number of halogens is 3. The summed E-state index contributed by atoms with van der Waals surface area (Å²) in [6.07, 6.45) is -1.90. The molecule has 0 radical (unpaired) electrons. The first kappa shape index (κ1) is 22.9. The fraction of sp³-hybridized carbons (Fsp3) is 0.526. The Balaban J connectivity index is 2.05. The van der Waals surface area contributed by atoms with E-state index in [-0.39, 0.29) is 19.7 Å². The molecule has 0 N–H and O–H groups in total. The Morgan fingerprint density at radius 1 is 1.24 bits per heavy atom. The van der Waals surface area contributed by atoms with Crippen molar-refractivity contribution in [2.24, 2.45) is 0 Å². The Kier molecular flexibility index (Phi) is 7.05. The van der Waals surface area contributed by atoms with Gasteiger partial charge >= 0.3 is 12.1 Å². The lowest BCUT2D eigenvalue weighted by Crippen LogP contribution is -2.57. The first-order chi connectivity index (χ1) is 13.4. The molecule has 1 amide bonds. The van der Waals surface area contributed by atoms with Crippen LogP contribution in [0.2, 0.25) is 5.02 Å². The van der Waals surface area contributed by atoms with Crippen molar-refractivity contribution in [3.8, 4) is 5.75 Å². The first-order valence-corrected chi connectivity index (χ1v) is 9.31. The Labute approximate surface area is 171 Å². The van der Waals surface area contributed by atoms with Crippen LogP contribution in [0.15, 0.2) is 6.07 Å². The van der Waals surface area contributed by atoms with Gasteiger partial charge in [0.15, 0.2) is 23.2 Å². The molecule has 2 rings (SSSR count). The molecule has 1 fully saturated rings. The van der Waals surface area contributed by atoms with Crippen LogP contribution < -0.4 is 4.74 Å². The molecular weight excluding hydrogens is 412 g/mol. The number of carbonyl (C=O) groups is 3. The molecule has 1 aliphatic heterocycles. The number of benzene rings is 1.